The van der Waals surface area contributed by atoms with Gasteiger partial charge in [0.15, 0.2) is 6.61 Å². The maximum atomic E-state index is 11.7. The number of carbonyl (C=O) groups excluding carboxylic acids is 2. The molecule has 0 aliphatic carbocycles. The predicted molar refractivity (Wildman–Crippen MR) is 81.1 cm³/mol. The second-order valence-corrected chi connectivity index (χ2v) is 5.27. The zero-order valence-electron chi connectivity index (χ0n) is 11.3. The Morgan fingerprint density at radius 2 is 1.95 bits per heavy atom. The summed E-state index contributed by atoms with van der Waals surface area (Å²) in [6.45, 7) is 1.51. The molecule has 0 atom stereocenters. The Bertz CT molecular complexity index is 735. The number of aromatic nitrogens is 2. The van der Waals surface area contributed by atoms with Crippen LogP contribution < -0.4 is 11.0 Å². The van der Waals surface area contributed by atoms with Gasteiger partial charge in [0.05, 0.1) is 16.7 Å². The van der Waals surface area contributed by atoms with Gasteiger partial charge in [0.2, 0.25) is 0 Å². The van der Waals surface area contributed by atoms with Crippen molar-refractivity contribution in [1.82, 2.24) is 9.97 Å². The molecule has 112 valence electrons. The lowest BCUT2D eigenvalue weighted by Gasteiger charge is -2.08. The first kappa shape index (κ1) is 15.3. The lowest BCUT2D eigenvalue weighted by atomic mass is 10.2. The number of hydrogen-bond acceptors (Lipinski definition) is 4. The second kappa shape index (κ2) is 6.57. The first-order valence-corrected chi connectivity index (χ1v) is 7.16. The van der Waals surface area contributed by atoms with Crippen LogP contribution in [0.3, 0.4) is 0 Å². The number of halogens is 1. The summed E-state index contributed by atoms with van der Waals surface area (Å²) in [5.74, 6) is -0.852. The molecule has 21 heavy (non-hydrogen) atoms. The molecule has 1 heterocycles. The Labute approximate surface area is 128 Å². The molecule has 0 aliphatic rings. The number of fused-ring (bicyclic) bond motifs is 1. The van der Waals surface area contributed by atoms with Gasteiger partial charge in [-0.3, -0.25) is 9.59 Å². The third kappa shape index (κ3) is 3.94. The van der Waals surface area contributed by atoms with Crippen molar-refractivity contribution in [2.45, 2.75) is 19.8 Å². The number of nitrogens with one attached hydrogen (secondary N) is 3. The minimum atomic E-state index is -0.447. The Morgan fingerprint density at radius 1 is 1.29 bits per heavy atom. The van der Waals surface area contributed by atoms with Crippen molar-refractivity contribution >= 4 is 44.5 Å². The van der Waals surface area contributed by atoms with Gasteiger partial charge in [0.25, 0.3) is 5.91 Å². The van der Waals surface area contributed by atoms with Gasteiger partial charge in [-0.05, 0) is 34.5 Å². The molecule has 0 saturated carbocycles. The zero-order valence-corrected chi connectivity index (χ0v) is 12.9. The number of carbonyl (C=O) groups is 2. The number of ether oxygens (including phenoxy) is 1. The Hall–Kier alpha value is -2.09. The van der Waals surface area contributed by atoms with Crippen molar-refractivity contribution in [1.29, 1.82) is 0 Å². The van der Waals surface area contributed by atoms with Crippen LogP contribution in [0.15, 0.2) is 21.4 Å². The highest BCUT2D eigenvalue weighted by molar-refractivity contribution is 9.10. The van der Waals surface area contributed by atoms with Crippen molar-refractivity contribution in [3.63, 3.8) is 0 Å². The Balaban J connectivity index is 2.05. The highest BCUT2D eigenvalue weighted by Gasteiger charge is 2.11. The third-order valence-corrected chi connectivity index (χ3v) is 3.35. The molecular weight excluding hydrogens is 342 g/mol. The van der Waals surface area contributed by atoms with E-state index >= 15 is 0 Å². The van der Waals surface area contributed by atoms with Crippen molar-refractivity contribution in [2.24, 2.45) is 0 Å². The first-order valence-electron chi connectivity index (χ1n) is 6.36. The van der Waals surface area contributed by atoms with E-state index in [0.717, 1.165) is 0 Å². The smallest absolute Gasteiger partial charge is 0.323 e. The van der Waals surface area contributed by atoms with Crippen molar-refractivity contribution in [3.05, 3.63) is 27.1 Å². The summed E-state index contributed by atoms with van der Waals surface area (Å²) in [6.07, 6.45) is 0.955. The number of aromatic amines is 2. The Kier molecular flexibility index (Phi) is 4.79. The van der Waals surface area contributed by atoms with Crippen LogP contribution in [0.1, 0.15) is 19.8 Å². The lowest BCUT2D eigenvalue weighted by molar-refractivity contribution is -0.147. The van der Waals surface area contributed by atoms with E-state index in [2.05, 4.69) is 31.2 Å². The number of amides is 1. The van der Waals surface area contributed by atoms with Gasteiger partial charge < -0.3 is 20.0 Å². The van der Waals surface area contributed by atoms with Crippen molar-refractivity contribution < 1.29 is 14.3 Å². The summed E-state index contributed by atoms with van der Waals surface area (Å²) < 4.78 is 5.43. The SMILES string of the molecule is CCCC(=O)OCC(=O)Nc1cc2[nH]c(=O)[nH]c2cc1Br. The molecule has 2 rings (SSSR count). The van der Waals surface area contributed by atoms with E-state index in [9.17, 15) is 14.4 Å². The van der Waals surface area contributed by atoms with Crippen LogP contribution in [0, 0.1) is 0 Å². The molecule has 0 unspecified atom stereocenters. The van der Waals surface area contributed by atoms with Crippen LogP contribution in [0.2, 0.25) is 0 Å². The third-order valence-electron chi connectivity index (χ3n) is 2.70. The molecule has 7 nitrogen and oxygen atoms in total. The number of hydrogen-bond donors (Lipinski definition) is 3. The largest absolute Gasteiger partial charge is 0.456 e. The molecule has 0 spiro atoms. The van der Waals surface area contributed by atoms with Crippen LogP contribution in [-0.2, 0) is 14.3 Å². The molecule has 0 radical (unpaired) electrons. The molecule has 0 aliphatic heterocycles. The summed E-state index contributed by atoms with van der Waals surface area (Å²) in [4.78, 5) is 39.3. The predicted octanol–water partition coefficient (Wildman–Crippen LogP) is 1.90. The topological polar surface area (TPSA) is 104 Å². The fourth-order valence-electron chi connectivity index (χ4n) is 1.76. The molecule has 1 aromatic heterocycles. The molecule has 0 fully saturated rings. The normalized spacial score (nSPS) is 10.6. The van der Waals surface area contributed by atoms with Crippen LogP contribution >= 0.6 is 15.9 Å². The van der Waals surface area contributed by atoms with Gasteiger partial charge in [-0.2, -0.15) is 0 Å². The van der Waals surface area contributed by atoms with Gasteiger partial charge in [-0.1, -0.05) is 6.92 Å². The van der Waals surface area contributed by atoms with Crippen molar-refractivity contribution in [3.8, 4) is 0 Å². The first-order chi connectivity index (χ1) is 9.99. The highest BCUT2D eigenvalue weighted by atomic mass is 79.9. The molecular formula is C13H14BrN3O4. The quantitative estimate of drug-likeness (QED) is 0.712. The highest BCUT2D eigenvalue weighted by Crippen LogP contribution is 2.26. The average molecular weight is 356 g/mol. The van der Waals surface area contributed by atoms with E-state index in [4.69, 9.17) is 4.74 Å². The molecule has 8 heteroatoms. The minimum Gasteiger partial charge on any atom is -0.456 e. The number of rotatable bonds is 5. The fourth-order valence-corrected chi connectivity index (χ4v) is 2.20. The van der Waals surface area contributed by atoms with Crippen LogP contribution in [-0.4, -0.2) is 28.5 Å². The molecule has 0 bridgehead atoms. The van der Waals surface area contributed by atoms with E-state index in [1.165, 1.54) is 0 Å². The Morgan fingerprint density at radius 3 is 2.62 bits per heavy atom. The van der Waals surface area contributed by atoms with Crippen LogP contribution in [0.4, 0.5) is 5.69 Å². The maximum Gasteiger partial charge on any atom is 0.323 e. The lowest BCUT2D eigenvalue weighted by Crippen LogP contribution is -2.20. The minimum absolute atomic E-state index is 0.285. The van der Waals surface area contributed by atoms with E-state index in [0.29, 0.717) is 27.6 Å². The molecule has 0 saturated heterocycles. The summed E-state index contributed by atoms with van der Waals surface area (Å²) in [5, 5.41) is 2.61. The molecule has 3 N–H and O–H groups in total. The van der Waals surface area contributed by atoms with E-state index in [1.807, 2.05) is 6.92 Å². The van der Waals surface area contributed by atoms with Crippen LogP contribution in [0.5, 0.6) is 0 Å². The summed E-state index contributed by atoms with van der Waals surface area (Å²) >= 11 is 3.30. The zero-order chi connectivity index (χ0) is 15.4. The number of H-pyrrole nitrogens is 2. The van der Waals surface area contributed by atoms with Gasteiger partial charge >= 0.3 is 11.7 Å². The maximum absolute atomic E-state index is 11.7. The van der Waals surface area contributed by atoms with Crippen molar-refractivity contribution in [2.75, 3.05) is 11.9 Å². The van der Waals surface area contributed by atoms with Gasteiger partial charge in [0.1, 0.15) is 0 Å². The van der Waals surface area contributed by atoms with E-state index in [-0.39, 0.29) is 18.7 Å². The monoisotopic (exact) mass is 355 g/mol. The molecule has 1 aromatic carbocycles. The van der Waals surface area contributed by atoms with E-state index < -0.39 is 11.9 Å². The van der Waals surface area contributed by atoms with Gasteiger partial charge in [-0.25, -0.2) is 4.79 Å². The van der Waals surface area contributed by atoms with E-state index in [1.54, 1.807) is 12.1 Å². The summed E-state index contributed by atoms with van der Waals surface area (Å²) in [7, 11) is 0. The van der Waals surface area contributed by atoms with Gasteiger partial charge in [0, 0.05) is 10.9 Å². The standard InChI is InChI=1S/C13H14BrN3O4/c1-2-3-12(19)21-6-11(18)15-8-5-10-9(4-7(8)14)16-13(20)17-10/h4-5H,2-3,6H2,1H3,(H,15,18)(H2,16,17,20). The van der Waals surface area contributed by atoms with Crippen LogP contribution in [0.25, 0.3) is 11.0 Å². The number of benzene rings is 1. The van der Waals surface area contributed by atoms with Gasteiger partial charge in [-0.15, -0.1) is 0 Å². The molecule has 1 amide bonds. The fraction of sp³-hybridized carbons (Fsp3) is 0.308. The number of imidazole rings is 1. The summed E-state index contributed by atoms with van der Waals surface area (Å²) in [6, 6.07) is 3.29. The summed E-state index contributed by atoms with van der Waals surface area (Å²) in [5.41, 5.74) is 1.35. The average Bonchev–Trinajstić information content (AvgIpc) is 2.76. The second-order valence-electron chi connectivity index (χ2n) is 4.42. The molecule has 2 aromatic rings. The number of anilines is 1. The number of esters is 1.